The van der Waals surface area contributed by atoms with Crippen molar-refractivity contribution < 1.29 is 28.5 Å². The van der Waals surface area contributed by atoms with Crippen LogP contribution in [0.2, 0.25) is 0 Å². The predicted molar refractivity (Wildman–Crippen MR) is 173 cm³/mol. The molecule has 3 heterocycles. The molecular weight excluding hydrogens is 558 g/mol. The number of methoxy groups -OCH3 is 2. The third-order valence-electron chi connectivity index (χ3n) is 9.16. The maximum Gasteiger partial charge on any atom is 0.249 e. The number of fused-ring (bicyclic) bond motifs is 1. The lowest BCUT2D eigenvalue weighted by atomic mass is 9.97. The summed E-state index contributed by atoms with van der Waals surface area (Å²) < 4.78 is 29.4. The molecule has 2 aromatic carbocycles. The lowest BCUT2D eigenvalue weighted by Gasteiger charge is -2.41. The second-order valence-corrected chi connectivity index (χ2v) is 12.5. The fourth-order valence-electron chi connectivity index (χ4n) is 6.86. The molecule has 2 fully saturated rings. The van der Waals surface area contributed by atoms with Gasteiger partial charge in [-0.3, -0.25) is 4.79 Å². The molecule has 0 radical (unpaired) electrons. The zero-order chi connectivity index (χ0) is 30.9. The first-order chi connectivity index (χ1) is 21.4. The highest BCUT2D eigenvalue weighted by Gasteiger charge is 2.32. The fourth-order valence-corrected chi connectivity index (χ4v) is 6.86. The Labute approximate surface area is 263 Å². The average molecular weight is 610 g/mol. The molecule has 0 bridgehead atoms. The number of ether oxygens (including phenoxy) is 5. The van der Waals surface area contributed by atoms with Crippen molar-refractivity contribution in [1.29, 1.82) is 0 Å². The van der Waals surface area contributed by atoms with E-state index in [4.69, 9.17) is 23.7 Å². The summed E-state index contributed by atoms with van der Waals surface area (Å²) in [7, 11) is 3.46. The number of amides is 1. The van der Waals surface area contributed by atoms with Gasteiger partial charge in [0.2, 0.25) is 5.91 Å². The van der Waals surface area contributed by atoms with Crippen molar-refractivity contribution in [1.82, 2.24) is 4.90 Å². The van der Waals surface area contributed by atoms with E-state index < -0.39 is 0 Å². The minimum atomic E-state index is -0.111. The Bertz CT molecular complexity index is 1180. The SMILES string of the molecule is COCCCN1CCOc2ccc(CO[C@@H]3C[C@H](OCC(=O)N4[C@H](C)CCC[C@@H]4C)CN(c4ccc(COC)cc4)C3)cc21. The predicted octanol–water partition coefficient (Wildman–Crippen LogP) is 5.04. The number of benzene rings is 2. The van der Waals surface area contributed by atoms with Crippen LogP contribution in [0.1, 0.15) is 57.1 Å². The van der Waals surface area contributed by atoms with E-state index in [2.05, 4.69) is 66.1 Å². The van der Waals surface area contributed by atoms with E-state index in [0.717, 1.165) is 80.2 Å². The van der Waals surface area contributed by atoms with Gasteiger partial charge in [0.1, 0.15) is 19.0 Å². The molecule has 2 aromatic rings. The molecule has 0 spiro atoms. The monoisotopic (exact) mass is 609 g/mol. The van der Waals surface area contributed by atoms with Crippen molar-refractivity contribution in [2.75, 3.05) is 70.0 Å². The van der Waals surface area contributed by atoms with Crippen LogP contribution in [0.3, 0.4) is 0 Å². The highest BCUT2D eigenvalue weighted by atomic mass is 16.5. The third-order valence-corrected chi connectivity index (χ3v) is 9.16. The molecule has 2 saturated heterocycles. The van der Waals surface area contributed by atoms with Crippen LogP contribution < -0.4 is 14.5 Å². The van der Waals surface area contributed by atoms with Gasteiger partial charge in [0.25, 0.3) is 0 Å². The number of hydrogen-bond acceptors (Lipinski definition) is 8. The molecule has 0 saturated carbocycles. The van der Waals surface area contributed by atoms with Gasteiger partial charge < -0.3 is 38.4 Å². The van der Waals surface area contributed by atoms with E-state index >= 15 is 0 Å². The summed E-state index contributed by atoms with van der Waals surface area (Å²) in [5, 5.41) is 0. The van der Waals surface area contributed by atoms with Gasteiger partial charge in [-0.05, 0) is 74.9 Å². The zero-order valence-corrected chi connectivity index (χ0v) is 27.0. The second-order valence-electron chi connectivity index (χ2n) is 12.5. The van der Waals surface area contributed by atoms with E-state index in [-0.39, 0.29) is 36.8 Å². The van der Waals surface area contributed by atoms with Crippen LogP contribution in [-0.2, 0) is 37.0 Å². The van der Waals surface area contributed by atoms with Gasteiger partial charge in [0, 0.05) is 64.7 Å². The van der Waals surface area contributed by atoms with Gasteiger partial charge in [-0.2, -0.15) is 0 Å². The molecule has 0 aliphatic carbocycles. The van der Waals surface area contributed by atoms with Crippen molar-refractivity contribution in [3.63, 3.8) is 0 Å². The van der Waals surface area contributed by atoms with Crippen molar-refractivity contribution in [3.8, 4) is 5.75 Å². The smallest absolute Gasteiger partial charge is 0.249 e. The van der Waals surface area contributed by atoms with Crippen molar-refractivity contribution in [2.45, 2.75) is 83.5 Å². The first-order valence-electron chi connectivity index (χ1n) is 16.3. The molecule has 242 valence electrons. The lowest BCUT2D eigenvalue weighted by molar-refractivity contribution is -0.145. The van der Waals surface area contributed by atoms with Gasteiger partial charge in [-0.25, -0.2) is 0 Å². The maximum atomic E-state index is 13.3. The third kappa shape index (κ3) is 8.44. The summed E-state index contributed by atoms with van der Waals surface area (Å²) >= 11 is 0. The van der Waals surface area contributed by atoms with Gasteiger partial charge in [-0.1, -0.05) is 18.2 Å². The topological polar surface area (TPSA) is 72.9 Å². The second kappa shape index (κ2) is 15.9. The summed E-state index contributed by atoms with van der Waals surface area (Å²) in [6.07, 6.45) is 4.86. The fraction of sp³-hybridized carbons (Fsp3) is 0.629. The summed E-state index contributed by atoms with van der Waals surface area (Å²) in [6.45, 7) is 10.2. The van der Waals surface area contributed by atoms with Crippen LogP contribution in [0.5, 0.6) is 5.75 Å². The van der Waals surface area contributed by atoms with E-state index in [1.807, 2.05) is 4.90 Å². The lowest BCUT2D eigenvalue weighted by Crippen LogP contribution is -2.51. The Morgan fingerprint density at radius 2 is 1.64 bits per heavy atom. The van der Waals surface area contributed by atoms with Crippen LogP contribution in [0.4, 0.5) is 11.4 Å². The number of likely N-dealkylation sites (tertiary alicyclic amines) is 1. The number of anilines is 2. The van der Waals surface area contributed by atoms with E-state index in [9.17, 15) is 4.79 Å². The average Bonchev–Trinajstić information content (AvgIpc) is 3.03. The van der Waals surface area contributed by atoms with Gasteiger partial charge in [0.15, 0.2) is 0 Å². The number of carbonyl (C=O) groups excluding carboxylic acids is 1. The molecular formula is C35H51N3O6. The summed E-state index contributed by atoms with van der Waals surface area (Å²) in [4.78, 5) is 20.0. The molecule has 3 aliphatic rings. The van der Waals surface area contributed by atoms with Gasteiger partial charge in [-0.15, -0.1) is 0 Å². The molecule has 44 heavy (non-hydrogen) atoms. The number of hydrogen-bond donors (Lipinski definition) is 0. The molecule has 1 amide bonds. The summed E-state index contributed by atoms with van der Waals surface area (Å²) in [5.74, 6) is 1.02. The molecule has 0 unspecified atom stereocenters. The molecule has 9 heteroatoms. The van der Waals surface area contributed by atoms with E-state index in [1.54, 1.807) is 14.2 Å². The zero-order valence-electron chi connectivity index (χ0n) is 27.0. The maximum absolute atomic E-state index is 13.3. The molecule has 4 atom stereocenters. The van der Waals surface area contributed by atoms with Gasteiger partial charge >= 0.3 is 0 Å². The highest BCUT2D eigenvalue weighted by Crippen LogP contribution is 2.33. The summed E-state index contributed by atoms with van der Waals surface area (Å²) in [6, 6.07) is 15.4. The van der Waals surface area contributed by atoms with Crippen LogP contribution >= 0.6 is 0 Å². The molecule has 0 aromatic heterocycles. The standard InChI is InChI=1S/C35H51N3O6/c1-26-7-5-8-27(2)38(26)35(39)25-44-32-20-31(21-37(22-32)30-12-9-28(10-13-30)23-41-4)43-24-29-11-14-34-33(19-29)36(16-18-42-34)15-6-17-40-3/h9-14,19,26-27,31-32H,5-8,15-18,20-25H2,1-4H3/t26-,27+,31-,32+/m1/s1. The molecule has 0 N–H and O–H groups in total. The molecule has 9 nitrogen and oxygen atoms in total. The normalized spacial score (nSPS) is 23.8. The summed E-state index contributed by atoms with van der Waals surface area (Å²) in [5.41, 5.74) is 4.49. The van der Waals surface area contributed by atoms with Crippen molar-refractivity contribution in [2.24, 2.45) is 0 Å². The molecule has 3 aliphatic heterocycles. The van der Waals surface area contributed by atoms with Crippen LogP contribution in [0.15, 0.2) is 42.5 Å². The Hall–Kier alpha value is -2.85. The minimum Gasteiger partial charge on any atom is -0.490 e. The van der Waals surface area contributed by atoms with Crippen LogP contribution in [0.25, 0.3) is 0 Å². The highest BCUT2D eigenvalue weighted by molar-refractivity contribution is 5.78. The number of nitrogens with zero attached hydrogens (tertiary/aromatic N) is 3. The number of carbonyl (C=O) groups is 1. The van der Waals surface area contributed by atoms with Crippen LogP contribution in [-0.4, -0.2) is 95.3 Å². The van der Waals surface area contributed by atoms with Gasteiger partial charge in [0.05, 0.1) is 37.7 Å². The Morgan fingerprint density at radius 1 is 0.909 bits per heavy atom. The Morgan fingerprint density at radius 3 is 2.36 bits per heavy atom. The van der Waals surface area contributed by atoms with Crippen LogP contribution in [0, 0.1) is 0 Å². The van der Waals surface area contributed by atoms with E-state index in [1.165, 1.54) is 6.42 Å². The number of piperidine rings is 2. The first kappa shape index (κ1) is 32.5. The Balaban J connectivity index is 1.25. The number of rotatable bonds is 13. The minimum absolute atomic E-state index is 0.0413. The van der Waals surface area contributed by atoms with E-state index in [0.29, 0.717) is 26.4 Å². The largest absolute Gasteiger partial charge is 0.490 e. The quantitative estimate of drug-likeness (QED) is 0.293. The molecule has 5 rings (SSSR count). The first-order valence-corrected chi connectivity index (χ1v) is 16.3. The van der Waals surface area contributed by atoms with Crippen molar-refractivity contribution in [3.05, 3.63) is 53.6 Å². The van der Waals surface area contributed by atoms with Crippen molar-refractivity contribution >= 4 is 17.3 Å². The Kier molecular flexibility index (Phi) is 11.8.